The smallest absolute Gasteiger partial charge is 0.277 e. The van der Waals surface area contributed by atoms with E-state index in [4.69, 9.17) is 4.74 Å². The number of amides is 1. The highest BCUT2D eigenvalue weighted by molar-refractivity contribution is 5.90. The van der Waals surface area contributed by atoms with E-state index in [-0.39, 0.29) is 18.0 Å². The highest BCUT2D eigenvalue weighted by Crippen LogP contribution is 2.18. The molecule has 4 rings (SSSR count). The molecule has 4 aromatic rings. The fourth-order valence-corrected chi connectivity index (χ4v) is 2.93. The first-order chi connectivity index (χ1) is 13.6. The molecule has 0 aliphatic carbocycles. The van der Waals surface area contributed by atoms with Crippen molar-refractivity contribution in [2.75, 3.05) is 12.4 Å². The zero-order chi connectivity index (χ0) is 19.5. The van der Waals surface area contributed by atoms with E-state index in [9.17, 15) is 9.59 Å². The fraction of sp³-hybridized carbons (Fsp3) is 0.0952. The van der Waals surface area contributed by atoms with E-state index in [0.29, 0.717) is 22.6 Å². The lowest BCUT2D eigenvalue weighted by molar-refractivity contribution is -0.116. The van der Waals surface area contributed by atoms with Crippen LogP contribution in [0.5, 0.6) is 5.75 Å². The van der Waals surface area contributed by atoms with Crippen LogP contribution in [0.4, 0.5) is 5.69 Å². The third-order valence-corrected chi connectivity index (χ3v) is 4.36. The van der Waals surface area contributed by atoms with E-state index >= 15 is 0 Å². The summed E-state index contributed by atoms with van der Waals surface area (Å²) >= 11 is 0. The molecule has 2 heterocycles. The summed E-state index contributed by atoms with van der Waals surface area (Å²) in [7, 11) is 1.58. The maximum Gasteiger partial charge on any atom is 0.277 e. The summed E-state index contributed by atoms with van der Waals surface area (Å²) in [5.41, 5.74) is 2.41. The molecule has 0 saturated heterocycles. The van der Waals surface area contributed by atoms with Crippen LogP contribution in [-0.4, -0.2) is 27.2 Å². The Balaban J connectivity index is 1.56. The number of benzene rings is 2. The van der Waals surface area contributed by atoms with Crippen LogP contribution < -0.4 is 15.6 Å². The van der Waals surface area contributed by atoms with Gasteiger partial charge < -0.3 is 14.6 Å². The molecule has 140 valence electrons. The Morgan fingerprint density at radius 2 is 1.82 bits per heavy atom. The largest absolute Gasteiger partial charge is 0.497 e. The number of ether oxygens (including phenoxy) is 1. The first-order valence-corrected chi connectivity index (χ1v) is 8.72. The Hall–Kier alpha value is -3.87. The Kier molecular flexibility index (Phi) is 4.63. The van der Waals surface area contributed by atoms with Crippen LogP contribution in [0.2, 0.25) is 0 Å². The van der Waals surface area contributed by atoms with E-state index in [1.807, 2.05) is 30.3 Å². The Bertz CT molecular complexity index is 1180. The summed E-state index contributed by atoms with van der Waals surface area (Å²) in [5, 5.41) is 7.21. The number of methoxy groups -OCH3 is 1. The van der Waals surface area contributed by atoms with Crippen LogP contribution in [0.25, 0.3) is 16.8 Å². The molecule has 0 fully saturated rings. The molecular formula is C21H18N4O3. The van der Waals surface area contributed by atoms with Crippen molar-refractivity contribution < 1.29 is 9.53 Å². The van der Waals surface area contributed by atoms with Crippen molar-refractivity contribution >= 4 is 17.1 Å². The molecule has 2 aromatic carbocycles. The lowest BCUT2D eigenvalue weighted by Gasteiger charge is -2.08. The predicted octanol–water partition coefficient (Wildman–Crippen LogP) is 2.81. The minimum absolute atomic E-state index is 0.0901. The third kappa shape index (κ3) is 3.50. The van der Waals surface area contributed by atoms with Gasteiger partial charge in [0.15, 0.2) is 0 Å². The topological polar surface area (TPSA) is 77.6 Å². The summed E-state index contributed by atoms with van der Waals surface area (Å²) in [6.07, 6.45) is 3.23. The van der Waals surface area contributed by atoms with Crippen molar-refractivity contribution in [2.45, 2.75) is 6.54 Å². The molecule has 1 N–H and O–H groups in total. The second-order valence-corrected chi connectivity index (χ2v) is 6.23. The number of fused-ring (bicyclic) bond motifs is 1. The number of carbonyl (C=O) groups is 1. The van der Waals surface area contributed by atoms with Crippen molar-refractivity contribution in [3.8, 4) is 17.0 Å². The highest BCUT2D eigenvalue weighted by Gasteiger charge is 2.11. The predicted molar refractivity (Wildman–Crippen MR) is 107 cm³/mol. The summed E-state index contributed by atoms with van der Waals surface area (Å²) in [6.45, 7) is -0.0901. The summed E-state index contributed by atoms with van der Waals surface area (Å²) < 4.78 is 7.99. The molecule has 0 saturated carbocycles. The number of anilines is 1. The number of aromatic nitrogens is 3. The molecule has 28 heavy (non-hydrogen) atoms. The number of nitrogens with zero attached hydrogens (tertiary/aromatic N) is 3. The van der Waals surface area contributed by atoms with Gasteiger partial charge in [-0.15, -0.1) is 0 Å². The van der Waals surface area contributed by atoms with Gasteiger partial charge in [-0.1, -0.05) is 30.3 Å². The number of carbonyl (C=O) groups excluding carboxylic acids is 1. The average molecular weight is 374 g/mol. The van der Waals surface area contributed by atoms with Gasteiger partial charge in [0.2, 0.25) is 5.91 Å². The zero-order valence-electron chi connectivity index (χ0n) is 15.2. The average Bonchev–Trinajstić information content (AvgIpc) is 3.17. The van der Waals surface area contributed by atoms with Gasteiger partial charge in [-0.2, -0.15) is 5.10 Å². The Morgan fingerprint density at radius 3 is 2.54 bits per heavy atom. The maximum atomic E-state index is 12.8. The number of nitrogens with one attached hydrogen (secondary N) is 1. The van der Waals surface area contributed by atoms with Gasteiger partial charge in [-0.3, -0.25) is 9.59 Å². The SMILES string of the molecule is COc1ccc(NC(=O)Cn2ccn3nc(-c4ccccc4)cc3c2=O)cc1. The van der Waals surface area contributed by atoms with Crippen molar-refractivity contribution in [3.05, 3.63) is 83.4 Å². The van der Waals surface area contributed by atoms with Crippen LogP contribution in [-0.2, 0) is 11.3 Å². The molecule has 0 atom stereocenters. The van der Waals surface area contributed by atoms with Crippen LogP contribution in [0, 0.1) is 0 Å². The monoisotopic (exact) mass is 374 g/mol. The summed E-state index contributed by atoms with van der Waals surface area (Å²) in [4.78, 5) is 25.1. The molecule has 7 nitrogen and oxygen atoms in total. The minimum Gasteiger partial charge on any atom is -0.497 e. The van der Waals surface area contributed by atoms with E-state index < -0.39 is 0 Å². The molecule has 2 aromatic heterocycles. The number of hydrogen-bond donors (Lipinski definition) is 1. The normalized spacial score (nSPS) is 10.8. The van der Waals surface area contributed by atoms with Crippen LogP contribution >= 0.6 is 0 Å². The van der Waals surface area contributed by atoms with E-state index in [1.165, 1.54) is 9.08 Å². The second kappa shape index (κ2) is 7.40. The molecule has 7 heteroatoms. The van der Waals surface area contributed by atoms with Crippen LogP contribution in [0.3, 0.4) is 0 Å². The van der Waals surface area contributed by atoms with Gasteiger partial charge in [0, 0.05) is 23.6 Å². The Labute approximate surface area is 160 Å². The zero-order valence-corrected chi connectivity index (χ0v) is 15.2. The fourth-order valence-electron chi connectivity index (χ4n) is 2.93. The van der Waals surface area contributed by atoms with Crippen molar-refractivity contribution in [3.63, 3.8) is 0 Å². The van der Waals surface area contributed by atoms with E-state index in [0.717, 1.165) is 5.56 Å². The Morgan fingerprint density at radius 1 is 1.07 bits per heavy atom. The third-order valence-electron chi connectivity index (χ3n) is 4.36. The maximum absolute atomic E-state index is 12.8. The first kappa shape index (κ1) is 17.5. The standard InChI is InChI=1S/C21H18N4O3/c1-28-17-9-7-16(8-10-17)22-20(26)14-24-11-12-25-19(21(24)27)13-18(23-25)15-5-3-2-4-6-15/h2-13H,14H2,1H3,(H,22,26). The molecule has 1 amide bonds. The molecule has 0 unspecified atom stereocenters. The molecule has 0 spiro atoms. The van der Waals surface area contributed by atoms with E-state index in [1.54, 1.807) is 49.8 Å². The lowest BCUT2D eigenvalue weighted by Crippen LogP contribution is -2.28. The van der Waals surface area contributed by atoms with Crippen LogP contribution in [0.1, 0.15) is 0 Å². The van der Waals surface area contributed by atoms with Gasteiger partial charge in [-0.05, 0) is 30.3 Å². The summed E-state index contributed by atoms with van der Waals surface area (Å²) in [6, 6.07) is 18.4. The highest BCUT2D eigenvalue weighted by atomic mass is 16.5. The van der Waals surface area contributed by atoms with Gasteiger partial charge in [-0.25, -0.2) is 4.52 Å². The molecule has 0 aliphatic heterocycles. The minimum atomic E-state index is -0.292. The number of hydrogen-bond acceptors (Lipinski definition) is 4. The molecule has 0 bridgehead atoms. The van der Waals surface area contributed by atoms with E-state index in [2.05, 4.69) is 10.4 Å². The van der Waals surface area contributed by atoms with Crippen molar-refractivity contribution in [2.24, 2.45) is 0 Å². The first-order valence-electron chi connectivity index (χ1n) is 8.72. The molecule has 0 radical (unpaired) electrons. The van der Waals surface area contributed by atoms with Gasteiger partial charge in [0.05, 0.1) is 12.8 Å². The van der Waals surface area contributed by atoms with Crippen molar-refractivity contribution in [1.29, 1.82) is 0 Å². The van der Waals surface area contributed by atoms with Gasteiger partial charge in [0.1, 0.15) is 17.8 Å². The second-order valence-electron chi connectivity index (χ2n) is 6.23. The van der Waals surface area contributed by atoms with Gasteiger partial charge in [0.25, 0.3) is 5.56 Å². The van der Waals surface area contributed by atoms with Crippen LogP contribution in [0.15, 0.2) is 77.9 Å². The van der Waals surface area contributed by atoms with Crippen molar-refractivity contribution in [1.82, 2.24) is 14.2 Å². The quantitative estimate of drug-likeness (QED) is 0.583. The summed E-state index contributed by atoms with van der Waals surface area (Å²) in [5.74, 6) is 0.411. The molecular weight excluding hydrogens is 356 g/mol. The number of rotatable bonds is 5. The lowest BCUT2D eigenvalue weighted by atomic mass is 10.1. The van der Waals surface area contributed by atoms with Gasteiger partial charge >= 0.3 is 0 Å². The molecule has 0 aliphatic rings.